The van der Waals surface area contributed by atoms with Crippen LogP contribution in [0.25, 0.3) is 0 Å². The van der Waals surface area contributed by atoms with Crippen LogP contribution in [0, 0.1) is 17.6 Å². The lowest BCUT2D eigenvalue weighted by Crippen LogP contribution is -2.33. The predicted molar refractivity (Wildman–Crippen MR) is 67.4 cm³/mol. The van der Waals surface area contributed by atoms with Crippen molar-refractivity contribution in [2.75, 3.05) is 6.54 Å². The number of sulfonamides is 1. The Bertz CT molecular complexity index is 642. The third-order valence-electron chi connectivity index (χ3n) is 3.33. The number of carbonyl (C=O) groups excluding carboxylic acids is 1. The third-order valence-corrected chi connectivity index (χ3v) is 4.24. The first kappa shape index (κ1) is 14.9. The van der Waals surface area contributed by atoms with Gasteiger partial charge in [-0.3, -0.25) is 4.79 Å². The molecule has 0 spiro atoms. The molecular weight excluding hydrogens is 290 g/mol. The van der Waals surface area contributed by atoms with Crippen molar-refractivity contribution in [3.8, 4) is 0 Å². The molecule has 1 aliphatic carbocycles. The van der Waals surface area contributed by atoms with Crippen molar-refractivity contribution in [2.24, 2.45) is 11.1 Å². The van der Waals surface area contributed by atoms with Gasteiger partial charge in [0, 0.05) is 6.54 Å². The fourth-order valence-corrected chi connectivity index (χ4v) is 2.60. The lowest BCUT2D eigenvalue weighted by Gasteiger charge is -2.25. The summed E-state index contributed by atoms with van der Waals surface area (Å²) >= 11 is 0. The van der Waals surface area contributed by atoms with Gasteiger partial charge >= 0.3 is 0 Å². The van der Waals surface area contributed by atoms with Crippen molar-refractivity contribution in [1.82, 2.24) is 5.32 Å². The molecule has 0 unspecified atom stereocenters. The Balaban J connectivity index is 2.26. The van der Waals surface area contributed by atoms with E-state index in [4.69, 9.17) is 5.14 Å². The van der Waals surface area contributed by atoms with E-state index in [1.54, 1.807) is 0 Å². The zero-order chi connectivity index (χ0) is 14.9. The summed E-state index contributed by atoms with van der Waals surface area (Å²) in [6, 6.07) is 1.10. The van der Waals surface area contributed by atoms with E-state index in [9.17, 15) is 22.0 Å². The second-order valence-electron chi connectivity index (χ2n) is 4.82. The van der Waals surface area contributed by atoms with Crippen molar-refractivity contribution in [2.45, 2.75) is 24.2 Å². The van der Waals surface area contributed by atoms with E-state index in [-0.39, 0.29) is 0 Å². The Morgan fingerprint density at radius 2 is 2.00 bits per heavy atom. The summed E-state index contributed by atoms with van der Waals surface area (Å²) in [5, 5.41) is 7.25. The highest BCUT2D eigenvalue weighted by atomic mass is 32.2. The first-order valence-corrected chi connectivity index (χ1v) is 7.63. The fourth-order valence-electron chi connectivity index (χ4n) is 1.97. The van der Waals surface area contributed by atoms with Crippen LogP contribution in [0.5, 0.6) is 0 Å². The Kier molecular flexibility index (Phi) is 4.05. The van der Waals surface area contributed by atoms with Gasteiger partial charge in [0.1, 0.15) is 10.7 Å². The van der Waals surface area contributed by atoms with Crippen molar-refractivity contribution in [1.29, 1.82) is 0 Å². The van der Waals surface area contributed by atoms with Gasteiger partial charge < -0.3 is 5.32 Å². The lowest BCUT2D eigenvalue weighted by atomic mass is 9.85. The highest BCUT2D eigenvalue weighted by molar-refractivity contribution is 7.89. The highest BCUT2D eigenvalue weighted by Crippen LogP contribution is 2.25. The van der Waals surface area contributed by atoms with Gasteiger partial charge in [0.05, 0.1) is 5.56 Å². The van der Waals surface area contributed by atoms with Crippen LogP contribution in [0.3, 0.4) is 0 Å². The van der Waals surface area contributed by atoms with Crippen LogP contribution >= 0.6 is 0 Å². The van der Waals surface area contributed by atoms with Crippen LogP contribution in [-0.2, 0) is 10.0 Å². The van der Waals surface area contributed by atoms with Crippen molar-refractivity contribution in [3.05, 3.63) is 29.3 Å². The molecule has 8 heteroatoms. The molecule has 2 rings (SSSR count). The molecule has 0 saturated heterocycles. The molecule has 110 valence electrons. The summed E-state index contributed by atoms with van der Waals surface area (Å²) in [6.07, 6.45) is 3.05. The standard InChI is InChI=1S/C12H14F2N2O3S/c13-8-4-9(11(14)10(5-8)20(15,18)19)12(17)16-6-7-2-1-3-7/h4-5,7H,1-3,6H2,(H,16,17)(H2,15,18,19). The minimum Gasteiger partial charge on any atom is -0.352 e. The van der Waals surface area contributed by atoms with Crippen LogP contribution < -0.4 is 10.5 Å². The van der Waals surface area contributed by atoms with Gasteiger partial charge in [-0.15, -0.1) is 0 Å². The van der Waals surface area contributed by atoms with E-state index < -0.39 is 38.0 Å². The highest BCUT2D eigenvalue weighted by Gasteiger charge is 2.24. The third kappa shape index (κ3) is 3.13. The van der Waals surface area contributed by atoms with Gasteiger partial charge in [0.2, 0.25) is 10.0 Å². The summed E-state index contributed by atoms with van der Waals surface area (Å²) in [7, 11) is -4.43. The smallest absolute Gasteiger partial charge is 0.254 e. The molecule has 1 aromatic rings. The van der Waals surface area contributed by atoms with Gasteiger partial charge in [-0.1, -0.05) is 6.42 Å². The molecule has 5 nitrogen and oxygen atoms in total. The average Bonchev–Trinajstić information content (AvgIpc) is 2.28. The first-order chi connectivity index (χ1) is 9.29. The maximum Gasteiger partial charge on any atom is 0.254 e. The Morgan fingerprint density at radius 3 is 2.50 bits per heavy atom. The Morgan fingerprint density at radius 1 is 1.35 bits per heavy atom. The summed E-state index contributed by atoms with van der Waals surface area (Å²) in [6.45, 7) is 0.361. The number of amides is 1. The van der Waals surface area contributed by atoms with Gasteiger partial charge in [0.25, 0.3) is 5.91 Å². The number of benzene rings is 1. The number of halogens is 2. The summed E-state index contributed by atoms with van der Waals surface area (Å²) < 4.78 is 49.5. The van der Waals surface area contributed by atoms with E-state index in [0.29, 0.717) is 24.6 Å². The zero-order valence-corrected chi connectivity index (χ0v) is 11.3. The van der Waals surface area contributed by atoms with Crippen LogP contribution in [-0.4, -0.2) is 20.9 Å². The molecule has 1 saturated carbocycles. The Hall–Kier alpha value is -1.54. The molecule has 0 atom stereocenters. The van der Waals surface area contributed by atoms with Crippen LogP contribution in [0.1, 0.15) is 29.6 Å². The molecule has 0 aliphatic heterocycles. The fraction of sp³-hybridized carbons (Fsp3) is 0.417. The summed E-state index contributed by atoms with van der Waals surface area (Å²) in [5.74, 6) is -2.88. The summed E-state index contributed by atoms with van der Waals surface area (Å²) in [5.41, 5.74) is -0.659. The van der Waals surface area contributed by atoms with E-state index in [1.165, 1.54) is 0 Å². The topological polar surface area (TPSA) is 89.3 Å². The van der Waals surface area contributed by atoms with Gasteiger partial charge in [0.15, 0.2) is 5.82 Å². The lowest BCUT2D eigenvalue weighted by molar-refractivity contribution is 0.0934. The molecule has 3 N–H and O–H groups in total. The van der Waals surface area contributed by atoms with Crippen molar-refractivity contribution in [3.63, 3.8) is 0 Å². The molecule has 0 heterocycles. The molecule has 0 bridgehead atoms. The second kappa shape index (κ2) is 5.45. The molecule has 20 heavy (non-hydrogen) atoms. The number of primary sulfonamides is 1. The first-order valence-electron chi connectivity index (χ1n) is 6.09. The average molecular weight is 304 g/mol. The minimum absolute atomic E-state index is 0.341. The predicted octanol–water partition coefficient (Wildman–Crippen LogP) is 1.14. The second-order valence-corrected chi connectivity index (χ2v) is 6.35. The van der Waals surface area contributed by atoms with Crippen LogP contribution in [0.4, 0.5) is 8.78 Å². The molecule has 1 aromatic carbocycles. The molecule has 1 fully saturated rings. The van der Waals surface area contributed by atoms with E-state index in [0.717, 1.165) is 19.3 Å². The van der Waals surface area contributed by atoms with Crippen LogP contribution in [0.2, 0.25) is 0 Å². The van der Waals surface area contributed by atoms with E-state index in [1.807, 2.05) is 0 Å². The van der Waals surface area contributed by atoms with Gasteiger partial charge in [-0.25, -0.2) is 22.3 Å². The maximum absolute atomic E-state index is 13.9. The molecular formula is C12H14F2N2O3S. The maximum atomic E-state index is 13.9. The molecule has 0 radical (unpaired) electrons. The zero-order valence-electron chi connectivity index (χ0n) is 10.5. The SMILES string of the molecule is NS(=O)(=O)c1cc(F)cc(C(=O)NCC2CCC2)c1F. The monoisotopic (exact) mass is 304 g/mol. The van der Waals surface area contributed by atoms with Crippen molar-refractivity contribution < 1.29 is 22.0 Å². The van der Waals surface area contributed by atoms with E-state index >= 15 is 0 Å². The van der Waals surface area contributed by atoms with E-state index in [2.05, 4.69) is 5.32 Å². The number of carbonyl (C=O) groups is 1. The minimum atomic E-state index is -4.43. The molecule has 0 aromatic heterocycles. The number of nitrogens with one attached hydrogen (secondary N) is 1. The van der Waals surface area contributed by atoms with Crippen molar-refractivity contribution >= 4 is 15.9 Å². The number of nitrogens with two attached hydrogens (primary N) is 1. The largest absolute Gasteiger partial charge is 0.352 e. The van der Waals surface area contributed by atoms with Gasteiger partial charge in [-0.05, 0) is 30.9 Å². The number of hydrogen-bond acceptors (Lipinski definition) is 3. The number of rotatable bonds is 4. The molecule has 1 amide bonds. The Labute approximate surface area is 115 Å². The summed E-state index contributed by atoms with van der Waals surface area (Å²) in [4.78, 5) is 10.8. The normalized spacial score (nSPS) is 15.8. The quantitative estimate of drug-likeness (QED) is 0.874. The van der Waals surface area contributed by atoms with Crippen LogP contribution in [0.15, 0.2) is 17.0 Å². The number of hydrogen-bond donors (Lipinski definition) is 2. The molecule has 1 aliphatic rings. The van der Waals surface area contributed by atoms with Gasteiger partial charge in [-0.2, -0.15) is 0 Å².